The van der Waals surface area contributed by atoms with E-state index < -0.39 is 0 Å². The number of piperazine rings is 1. The van der Waals surface area contributed by atoms with Crippen molar-refractivity contribution in [2.24, 2.45) is 7.05 Å². The summed E-state index contributed by atoms with van der Waals surface area (Å²) in [5.74, 6) is 0.714. The average molecular weight is 507 g/mol. The maximum Gasteiger partial charge on any atom is 0.264 e. The van der Waals surface area contributed by atoms with E-state index in [0.29, 0.717) is 29.1 Å². The lowest BCUT2D eigenvalue weighted by atomic mass is 9.95. The number of fused-ring (bicyclic) bond motifs is 1. The van der Waals surface area contributed by atoms with Crippen LogP contribution in [0, 0.1) is 0 Å². The molecule has 2 fully saturated rings. The summed E-state index contributed by atoms with van der Waals surface area (Å²) in [4.78, 5) is 29.6. The first-order valence-corrected chi connectivity index (χ1v) is 13.3. The zero-order valence-electron chi connectivity index (χ0n) is 21.4. The van der Waals surface area contributed by atoms with Crippen LogP contribution in [0.15, 0.2) is 54.0 Å². The summed E-state index contributed by atoms with van der Waals surface area (Å²) in [6.07, 6.45) is 4.99. The summed E-state index contributed by atoms with van der Waals surface area (Å²) < 4.78 is 1.68. The molecule has 0 unspecified atom stereocenters. The van der Waals surface area contributed by atoms with Crippen molar-refractivity contribution >= 4 is 34.3 Å². The second-order valence-electron chi connectivity index (χ2n) is 10.1. The number of pyridine rings is 1. The Labute approximate surface area is 218 Å². The van der Waals surface area contributed by atoms with Gasteiger partial charge < -0.3 is 9.80 Å². The van der Waals surface area contributed by atoms with Gasteiger partial charge in [0.15, 0.2) is 5.65 Å². The minimum absolute atomic E-state index is 0.0425. The molecule has 2 aromatic heterocycles. The first-order valence-electron chi connectivity index (χ1n) is 12.9. The van der Waals surface area contributed by atoms with Crippen LogP contribution in [0.4, 0.5) is 5.95 Å². The van der Waals surface area contributed by atoms with Gasteiger partial charge in [0, 0.05) is 68.3 Å². The van der Waals surface area contributed by atoms with Crippen molar-refractivity contribution in [1.29, 1.82) is 0 Å². The summed E-state index contributed by atoms with van der Waals surface area (Å²) in [6, 6.07) is 12.7. The van der Waals surface area contributed by atoms with E-state index in [2.05, 4.69) is 52.2 Å². The van der Waals surface area contributed by atoms with E-state index in [9.17, 15) is 4.79 Å². The van der Waals surface area contributed by atoms with Crippen molar-refractivity contribution in [2.45, 2.75) is 51.2 Å². The van der Waals surface area contributed by atoms with Gasteiger partial charge in [-0.25, -0.2) is 4.98 Å². The van der Waals surface area contributed by atoms with Gasteiger partial charge in [0.1, 0.15) is 0 Å². The van der Waals surface area contributed by atoms with E-state index in [-0.39, 0.29) is 11.6 Å². The minimum Gasteiger partial charge on any atom is -0.371 e. The molecular formula is C28H35ClN6O. The van der Waals surface area contributed by atoms with Crippen LogP contribution in [0.3, 0.4) is 0 Å². The quantitative estimate of drug-likeness (QED) is 0.511. The number of hydrogen-bond donors (Lipinski definition) is 0. The summed E-state index contributed by atoms with van der Waals surface area (Å²) >= 11 is 6.06. The van der Waals surface area contributed by atoms with Crippen LogP contribution in [0.25, 0.3) is 16.7 Å². The lowest BCUT2D eigenvalue weighted by Gasteiger charge is -2.50. The van der Waals surface area contributed by atoms with Crippen molar-refractivity contribution < 1.29 is 0 Å². The SMILES string of the molecule is C=C(c1ccc(Cl)cc1)N1CCC(N2C[C@@H](C)N(c3nc4ncccc4c(=O)n3C)C[C@@H]2CC)CC1. The van der Waals surface area contributed by atoms with E-state index in [1.807, 2.05) is 19.2 Å². The molecular weight excluding hydrogens is 472 g/mol. The van der Waals surface area contributed by atoms with Crippen LogP contribution < -0.4 is 10.5 Å². The Hall–Kier alpha value is -2.90. The first-order chi connectivity index (χ1) is 17.4. The standard InChI is InChI=1S/C28H35ClN6O/c1-5-23-18-34(28-31-26-25(7-6-14-30-26)27(36)32(28)4)19(2)17-35(23)24-12-15-33(16-13-24)20(3)21-8-10-22(29)11-9-21/h6-11,14,19,23-24H,3,5,12-13,15-18H2,1-2,4H3/t19-,23+/m1/s1. The number of likely N-dealkylation sites (tertiary alicyclic amines) is 1. The van der Waals surface area contributed by atoms with Crippen LogP contribution in [0.5, 0.6) is 0 Å². The molecule has 2 atom stereocenters. The first kappa shape index (κ1) is 24.8. The molecule has 0 radical (unpaired) electrons. The third-order valence-electron chi connectivity index (χ3n) is 7.93. The molecule has 2 aliphatic rings. The number of anilines is 1. The Morgan fingerprint density at radius 1 is 1.14 bits per heavy atom. The molecule has 0 aliphatic carbocycles. The Morgan fingerprint density at radius 2 is 1.86 bits per heavy atom. The van der Waals surface area contributed by atoms with E-state index in [1.165, 1.54) is 0 Å². The van der Waals surface area contributed by atoms with Crippen LogP contribution >= 0.6 is 11.6 Å². The third-order valence-corrected chi connectivity index (χ3v) is 8.18. The summed E-state index contributed by atoms with van der Waals surface area (Å²) in [7, 11) is 1.82. The van der Waals surface area contributed by atoms with E-state index in [0.717, 1.165) is 61.7 Å². The fraction of sp³-hybridized carbons (Fsp3) is 0.464. The zero-order valence-corrected chi connectivity index (χ0v) is 22.2. The maximum atomic E-state index is 13.0. The molecule has 0 saturated carbocycles. The highest BCUT2D eigenvalue weighted by atomic mass is 35.5. The van der Waals surface area contributed by atoms with Crippen molar-refractivity contribution in [3.63, 3.8) is 0 Å². The van der Waals surface area contributed by atoms with Gasteiger partial charge in [-0.1, -0.05) is 37.2 Å². The predicted molar refractivity (Wildman–Crippen MR) is 147 cm³/mol. The van der Waals surface area contributed by atoms with Crippen molar-refractivity contribution in [3.05, 3.63) is 70.1 Å². The molecule has 190 valence electrons. The van der Waals surface area contributed by atoms with E-state index >= 15 is 0 Å². The lowest BCUT2D eigenvalue weighted by Crippen LogP contribution is -2.62. The van der Waals surface area contributed by atoms with Crippen LogP contribution in [-0.2, 0) is 7.05 Å². The Balaban J connectivity index is 1.29. The van der Waals surface area contributed by atoms with E-state index in [4.69, 9.17) is 16.6 Å². The number of benzene rings is 1. The van der Waals surface area contributed by atoms with Gasteiger partial charge >= 0.3 is 0 Å². The second kappa shape index (κ2) is 10.2. The fourth-order valence-corrected chi connectivity index (χ4v) is 5.92. The highest BCUT2D eigenvalue weighted by Crippen LogP contribution is 2.30. The summed E-state index contributed by atoms with van der Waals surface area (Å²) in [5.41, 5.74) is 2.69. The molecule has 0 N–H and O–H groups in total. The number of rotatable bonds is 5. The molecule has 1 aromatic carbocycles. The molecule has 2 saturated heterocycles. The summed E-state index contributed by atoms with van der Waals surface area (Å²) in [6.45, 7) is 12.7. The van der Waals surface area contributed by atoms with Gasteiger partial charge in [-0.2, -0.15) is 4.98 Å². The molecule has 3 aromatic rings. The van der Waals surface area contributed by atoms with Gasteiger partial charge in [-0.05, 0) is 56.0 Å². The van der Waals surface area contributed by atoms with Gasteiger partial charge in [0.2, 0.25) is 5.95 Å². The highest BCUT2D eigenvalue weighted by Gasteiger charge is 2.37. The molecule has 4 heterocycles. The predicted octanol–water partition coefficient (Wildman–Crippen LogP) is 4.41. The Kier molecular flexibility index (Phi) is 7.04. The molecule has 5 rings (SSSR count). The maximum absolute atomic E-state index is 13.0. The zero-order chi connectivity index (χ0) is 25.4. The van der Waals surface area contributed by atoms with Crippen LogP contribution in [0.2, 0.25) is 5.02 Å². The molecule has 0 amide bonds. The second-order valence-corrected chi connectivity index (χ2v) is 10.5. The number of halogens is 1. The van der Waals surface area contributed by atoms with Gasteiger partial charge in [-0.3, -0.25) is 14.3 Å². The van der Waals surface area contributed by atoms with Crippen molar-refractivity contribution in [3.8, 4) is 0 Å². The van der Waals surface area contributed by atoms with Crippen molar-refractivity contribution in [2.75, 3.05) is 31.1 Å². The smallest absolute Gasteiger partial charge is 0.264 e. The van der Waals surface area contributed by atoms with Crippen molar-refractivity contribution in [1.82, 2.24) is 24.3 Å². The number of aromatic nitrogens is 3. The van der Waals surface area contributed by atoms with Gasteiger partial charge in [0.05, 0.1) is 5.39 Å². The highest BCUT2D eigenvalue weighted by molar-refractivity contribution is 6.30. The average Bonchev–Trinajstić information content (AvgIpc) is 2.91. The Morgan fingerprint density at radius 3 is 2.56 bits per heavy atom. The molecule has 0 spiro atoms. The lowest BCUT2D eigenvalue weighted by molar-refractivity contribution is 0.0636. The fourth-order valence-electron chi connectivity index (χ4n) is 5.80. The number of nitrogens with zero attached hydrogens (tertiary/aromatic N) is 6. The minimum atomic E-state index is -0.0425. The van der Waals surface area contributed by atoms with E-state index in [1.54, 1.807) is 22.9 Å². The van der Waals surface area contributed by atoms with Gasteiger partial charge in [0.25, 0.3) is 5.56 Å². The third kappa shape index (κ3) is 4.62. The number of hydrogen-bond acceptors (Lipinski definition) is 6. The number of piperidine rings is 1. The monoisotopic (exact) mass is 506 g/mol. The van der Waals surface area contributed by atoms with Crippen LogP contribution in [-0.4, -0.2) is 68.6 Å². The largest absolute Gasteiger partial charge is 0.371 e. The normalized spacial score (nSPS) is 21.8. The molecule has 7 nitrogen and oxygen atoms in total. The Bertz CT molecular complexity index is 1300. The topological polar surface area (TPSA) is 57.5 Å². The van der Waals surface area contributed by atoms with Gasteiger partial charge in [-0.15, -0.1) is 0 Å². The molecule has 36 heavy (non-hydrogen) atoms. The van der Waals surface area contributed by atoms with Crippen LogP contribution in [0.1, 0.15) is 38.7 Å². The molecule has 0 bridgehead atoms. The molecule has 8 heteroatoms. The molecule has 2 aliphatic heterocycles. The summed E-state index contributed by atoms with van der Waals surface area (Å²) in [5, 5.41) is 1.31.